The van der Waals surface area contributed by atoms with Crippen molar-refractivity contribution in [2.24, 2.45) is 5.92 Å². The molecule has 0 amide bonds. The van der Waals surface area contributed by atoms with E-state index in [4.69, 9.17) is 9.47 Å². The summed E-state index contributed by atoms with van der Waals surface area (Å²) in [7, 11) is 1.57. The van der Waals surface area contributed by atoms with Gasteiger partial charge in [-0.05, 0) is 37.0 Å². The fourth-order valence-electron chi connectivity index (χ4n) is 1.59. The summed E-state index contributed by atoms with van der Waals surface area (Å²) < 4.78 is 10.6. The highest BCUT2D eigenvalue weighted by molar-refractivity contribution is 5.99. The average Bonchev–Trinajstić information content (AvgIpc) is 2.33. The first-order valence-electron chi connectivity index (χ1n) is 6.30. The van der Waals surface area contributed by atoms with Gasteiger partial charge in [-0.2, -0.15) is 0 Å². The minimum Gasteiger partial charge on any atom is -0.496 e. The molecule has 3 nitrogen and oxygen atoms in total. The lowest BCUT2D eigenvalue weighted by atomic mass is 10.1. The van der Waals surface area contributed by atoms with Gasteiger partial charge in [-0.25, -0.2) is 0 Å². The second-order valence-corrected chi connectivity index (χ2v) is 4.86. The molecule has 3 heteroatoms. The Hall–Kier alpha value is -1.35. The molecule has 1 aromatic carbocycles. The van der Waals surface area contributed by atoms with E-state index in [1.54, 1.807) is 13.2 Å². The predicted molar refractivity (Wildman–Crippen MR) is 72.3 cm³/mol. The van der Waals surface area contributed by atoms with Gasteiger partial charge >= 0.3 is 0 Å². The fourth-order valence-corrected chi connectivity index (χ4v) is 1.59. The largest absolute Gasteiger partial charge is 0.496 e. The van der Waals surface area contributed by atoms with Crippen molar-refractivity contribution in [3.05, 3.63) is 29.3 Å². The molecule has 0 aromatic heterocycles. The smallest absolute Gasteiger partial charge is 0.192 e. The molecule has 0 radical (unpaired) electrons. The highest BCUT2D eigenvalue weighted by atomic mass is 16.5. The number of rotatable bonds is 7. The zero-order valence-corrected chi connectivity index (χ0v) is 11.7. The summed E-state index contributed by atoms with van der Waals surface area (Å²) in [6, 6.07) is 5.56. The number of Topliss-reactive ketones (excluding diaryl/α,β-unsaturated/α-hetero) is 1. The monoisotopic (exact) mass is 250 g/mol. The van der Waals surface area contributed by atoms with Gasteiger partial charge in [0.05, 0.1) is 12.7 Å². The predicted octanol–water partition coefficient (Wildman–Crippen LogP) is 3.25. The summed E-state index contributed by atoms with van der Waals surface area (Å²) in [5.74, 6) is 1.18. The van der Waals surface area contributed by atoms with Crippen LogP contribution in [0.25, 0.3) is 0 Å². The summed E-state index contributed by atoms with van der Waals surface area (Å²) in [6.45, 7) is 6.97. The fraction of sp³-hybridized carbons (Fsp3) is 0.533. The Kier molecular flexibility index (Phi) is 5.86. The number of benzene rings is 1. The molecule has 0 atom stereocenters. The van der Waals surface area contributed by atoms with Crippen molar-refractivity contribution in [3.8, 4) is 5.75 Å². The third-order valence-corrected chi connectivity index (χ3v) is 2.73. The molecule has 0 aliphatic rings. The number of ether oxygens (including phenoxy) is 2. The Morgan fingerprint density at radius 3 is 2.67 bits per heavy atom. The molecule has 0 unspecified atom stereocenters. The highest BCUT2D eigenvalue weighted by Gasteiger charge is 2.12. The SMILES string of the molecule is COc1cc(C)ccc1C(=O)COCCC(C)C. The van der Waals surface area contributed by atoms with Crippen molar-refractivity contribution in [2.75, 3.05) is 20.3 Å². The van der Waals surface area contributed by atoms with E-state index < -0.39 is 0 Å². The second kappa shape index (κ2) is 7.17. The number of ketones is 1. The van der Waals surface area contributed by atoms with E-state index in [0.717, 1.165) is 12.0 Å². The molecule has 0 bridgehead atoms. The zero-order valence-electron chi connectivity index (χ0n) is 11.7. The van der Waals surface area contributed by atoms with Crippen molar-refractivity contribution in [1.82, 2.24) is 0 Å². The van der Waals surface area contributed by atoms with Crippen LogP contribution in [0.4, 0.5) is 0 Å². The van der Waals surface area contributed by atoms with Gasteiger partial charge in [0, 0.05) is 6.61 Å². The van der Waals surface area contributed by atoms with E-state index in [1.165, 1.54) is 0 Å². The van der Waals surface area contributed by atoms with Gasteiger partial charge in [0.2, 0.25) is 0 Å². The maximum atomic E-state index is 12.0. The Bertz CT molecular complexity index is 397. The minimum absolute atomic E-state index is 0.0318. The van der Waals surface area contributed by atoms with Crippen molar-refractivity contribution >= 4 is 5.78 Å². The zero-order chi connectivity index (χ0) is 13.5. The quantitative estimate of drug-likeness (QED) is 0.550. The van der Waals surface area contributed by atoms with Crippen molar-refractivity contribution < 1.29 is 14.3 Å². The van der Waals surface area contributed by atoms with Crippen molar-refractivity contribution in [3.63, 3.8) is 0 Å². The second-order valence-electron chi connectivity index (χ2n) is 4.86. The topological polar surface area (TPSA) is 35.5 Å². The molecular weight excluding hydrogens is 228 g/mol. The third-order valence-electron chi connectivity index (χ3n) is 2.73. The third kappa shape index (κ3) is 4.49. The molecule has 18 heavy (non-hydrogen) atoms. The number of aryl methyl sites for hydroxylation is 1. The Balaban J connectivity index is 2.56. The summed E-state index contributed by atoms with van der Waals surface area (Å²) in [6.07, 6.45) is 0.971. The lowest BCUT2D eigenvalue weighted by molar-refractivity contribution is 0.0736. The molecule has 1 rings (SSSR count). The van der Waals surface area contributed by atoms with E-state index in [-0.39, 0.29) is 12.4 Å². The van der Waals surface area contributed by atoms with Gasteiger partial charge in [-0.3, -0.25) is 4.79 Å². The first kappa shape index (κ1) is 14.7. The molecule has 0 aliphatic heterocycles. The average molecular weight is 250 g/mol. The lowest BCUT2D eigenvalue weighted by Gasteiger charge is -2.09. The van der Waals surface area contributed by atoms with Gasteiger partial charge < -0.3 is 9.47 Å². The molecule has 0 heterocycles. The van der Waals surface area contributed by atoms with Gasteiger partial charge in [0.15, 0.2) is 5.78 Å². The first-order valence-corrected chi connectivity index (χ1v) is 6.30. The molecule has 0 N–H and O–H groups in total. The minimum atomic E-state index is -0.0318. The molecular formula is C15H22O3. The van der Waals surface area contributed by atoms with Crippen LogP contribution in [0, 0.1) is 12.8 Å². The Morgan fingerprint density at radius 2 is 2.06 bits per heavy atom. The first-order chi connectivity index (χ1) is 8.54. The molecule has 0 saturated carbocycles. The molecule has 1 aromatic rings. The van der Waals surface area contributed by atoms with Crippen LogP contribution in [0.3, 0.4) is 0 Å². The number of hydrogen-bond donors (Lipinski definition) is 0. The highest BCUT2D eigenvalue weighted by Crippen LogP contribution is 2.20. The van der Waals surface area contributed by atoms with Gasteiger partial charge in [-0.15, -0.1) is 0 Å². The maximum Gasteiger partial charge on any atom is 0.192 e. The van der Waals surface area contributed by atoms with Gasteiger partial charge in [-0.1, -0.05) is 19.9 Å². The number of hydrogen-bond acceptors (Lipinski definition) is 3. The normalized spacial score (nSPS) is 10.7. The molecule has 0 fully saturated rings. The molecule has 0 aliphatic carbocycles. The molecule has 0 saturated heterocycles. The summed E-state index contributed by atoms with van der Waals surface area (Å²) in [5.41, 5.74) is 1.66. The summed E-state index contributed by atoms with van der Waals surface area (Å²) >= 11 is 0. The van der Waals surface area contributed by atoms with Crippen LogP contribution in [-0.2, 0) is 4.74 Å². The van der Waals surface area contributed by atoms with E-state index in [9.17, 15) is 4.79 Å². The van der Waals surface area contributed by atoms with E-state index in [1.807, 2.05) is 19.1 Å². The van der Waals surface area contributed by atoms with Crippen LogP contribution in [0.5, 0.6) is 5.75 Å². The van der Waals surface area contributed by atoms with Crippen LogP contribution >= 0.6 is 0 Å². The van der Waals surface area contributed by atoms with Crippen LogP contribution in [0.1, 0.15) is 36.2 Å². The van der Waals surface area contributed by atoms with Crippen LogP contribution < -0.4 is 4.74 Å². The van der Waals surface area contributed by atoms with Crippen LogP contribution in [-0.4, -0.2) is 26.1 Å². The maximum absolute atomic E-state index is 12.0. The summed E-state index contributed by atoms with van der Waals surface area (Å²) in [4.78, 5) is 12.0. The van der Waals surface area contributed by atoms with Crippen LogP contribution in [0.15, 0.2) is 18.2 Å². The Morgan fingerprint density at radius 1 is 1.33 bits per heavy atom. The van der Waals surface area contributed by atoms with Crippen LogP contribution in [0.2, 0.25) is 0 Å². The standard InChI is InChI=1S/C15H22O3/c1-11(2)7-8-18-10-14(16)13-6-5-12(3)9-15(13)17-4/h5-6,9,11H,7-8,10H2,1-4H3. The molecule has 0 spiro atoms. The van der Waals surface area contributed by atoms with E-state index in [2.05, 4.69) is 13.8 Å². The number of methoxy groups -OCH3 is 1. The van der Waals surface area contributed by atoms with E-state index >= 15 is 0 Å². The van der Waals surface area contributed by atoms with E-state index in [0.29, 0.717) is 23.8 Å². The Labute approximate surface area is 109 Å². The summed E-state index contributed by atoms with van der Waals surface area (Å²) in [5, 5.41) is 0. The van der Waals surface area contributed by atoms with Gasteiger partial charge in [0.1, 0.15) is 12.4 Å². The number of carbonyl (C=O) groups excluding carboxylic acids is 1. The van der Waals surface area contributed by atoms with Crippen molar-refractivity contribution in [1.29, 1.82) is 0 Å². The van der Waals surface area contributed by atoms with Gasteiger partial charge in [0.25, 0.3) is 0 Å². The number of carbonyl (C=O) groups is 1. The van der Waals surface area contributed by atoms with Crippen molar-refractivity contribution in [2.45, 2.75) is 27.2 Å². The lowest BCUT2D eigenvalue weighted by Crippen LogP contribution is -2.12. The molecule has 100 valence electrons.